The summed E-state index contributed by atoms with van der Waals surface area (Å²) in [5.74, 6) is 0.279. The van der Waals surface area contributed by atoms with Crippen molar-refractivity contribution in [1.29, 1.82) is 0 Å². The highest BCUT2D eigenvalue weighted by atomic mass is 32.2. The van der Waals surface area contributed by atoms with Crippen molar-refractivity contribution >= 4 is 28.8 Å². The minimum atomic E-state index is -4.34. The number of primary amides is 1. The van der Waals surface area contributed by atoms with Gasteiger partial charge in [-0.05, 0) is 41.5 Å². The quantitative estimate of drug-likeness (QED) is 0.305. The van der Waals surface area contributed by atoms with E-state index in [1.807, 2.05) is 48.5 Å². The highest BCUT2D eigenvalue weighted by Crippen LogP contribution is 2.41. The van der Waals surface area contributed by atoms with Crippen LogP contribution in [0.4, 0.5) is 18.0 Å². The van der Waals surface area contributed by atoms with Crippen LogP contribution in [0.15, 0.2) is 82.6 Å². The molecule has 9 heteroatoms. The van der Waals surface area contributed by atoms with Crippen LogP contribution in [-0.2, 0) is 19.3 Å². The van der Waals surface area contributed by atoms with Gasteiger partial charge in [-0.15, -0.1) is 0 Å². The number of aromatic amines is 1. The lowest BCUT2D eigenvalue weighted by Crippen LogP contribution is -2.16. The molecule has 1 aromatic heterocycles. The Hall–Kier alpha value is -3.43. The average Bonchev–Trinajstić information content (AvgIpc) is 3.10. The first-order valence-electron chi connectivity index (χ1n) is 10.0. The standard InChI is InChI=1S/C24H20F3N3O2S/c25-24(26,27)17-9-6-15(7-10-17)13-29-14-16-8-11-19-20(12-16)30-22(32-23(28)31)21(19)33-18-4-2-1-3-5-18/h1-12,29-30H,13-14H2,(H2,28,31). The van der Waals surface area contributed by atoms with E-state index in [9.17, 15) is 18.0 Å². The lowest BCUT2D eigenvalue weighted by molar-refractivity contribution is -0.137. The number of carbonyl (C=O) groups is 1. The van der Waals surface area contributed by atoms with Crippen molar-refractivity contribution < 1.29 is 22.7 Å². The maximum Gasteiger partial charge on any atom is 0.416 e. The van der Waals surface area contributed by atoms with Crippen LogP contribution in [0.5, 0.6) is 5.88 Å². The second-order valence-corrected chi connectivity index (χ2v) is 8.38. The zero-order valence-corrected chi connectivity index (χ0v) is 18.1. The predicted octanol–water partition coefficient (Wildman–Crippen LogP) is 6.09. The fraction of sp³-hybridized carbons (Fsp3) is 0.125. The van der Waals surface area contributed by atoms with Gasteiger partial charge in [0.1, 0.15) is 0 Å². The maximum absolute atomic E-state index is 12.7. The van der Waals surface area contributed by atoms with E-state index >= 15 is 0 Å². The number of H-pyrrole nitrogens is 1. The van der Waals surface area contributed by atoms with E-state index in [-0.39, 0.29) is 5.88 Å². The van der Waals surface area contributed by atoms with Crippen LogP contribution >= 0.6 is 11.8 Å². The number of benzene rings is 3. The lowest BCUT2D eigenvalue weighted by Gasteiger charge is -2.09. The molecule has 0 radical (unpaired) electrons. The van der Waals surface area contributed by atoms with Crippen LogP contribution in [0.3, 0.4) is 0 Å². The van der Waals surface area contributed by atoms with Gasteiger partial charge in [-0.3, -0.25) is 0 Å². The van der Waals surface area contributed by atoms with Crippen molar-refractivity contribution in [2.24, 2.45) is 5.73 Å². The van der Waals surface area contributed by atoms with Gasteiger partial charge in [0.25, 0.3) is 0 Å². The molecule has 3 aromatic carbocycles. The second kappa shape index (κ2) is 9.60. The fourth-order valence-corrected chi connectivity index (χ4v) is 4.35. The SMILES string of the molecule is NC(=O)Oc1[nH]c2cc(CNCc3ccc(C(F)(F)F)cc3)ccc2c1Sc1ccccc1. The number of nitrogens with one attached hydrogen (secondary N) is 2. The molecule has 0 unspecified atom stereocenters. The van der Waals surface area contributed by atoms with E-state index in [4.69, 9.17) is 10.5 Å². The average molecular weight is 472 g/mol. The van der Waals surface area contributed by atoms with Crippen molar-refractivity contribution in [3.05, 3.63) is 89.5 Å². The Morgan fingerprint density at radius 3 is 2.30 bits per heavy atom. The summed E-state index contributed by atoms with van der Waals surface area (Å²) in [6.45, 7) is 0.926. The predicted molar refractivity (Wildman–Crippen MR) is 121 cm³/mol. The molecule has 0 atom stereocenters. The normalized spacial score (nSPS) is 11.6. The second-order valence-electron chi connectivity index (χ2n) is 7.30. The number of carbonyl (C=O) groups excluding carboxylic acids is 1. The van der Waals surface area contributed by atoms with Crippen LogP contribution in [0.25, 0.3) is 10.9 Å². The van der Waals surface area contributed by atoms with Crippen LogP contribution in [-0.4, -0.2) is 11.1 Å². The van der Waals surface area contributed by atoms with Gasteiger partial charge in [-0.1, -0.05) is 54.2 Å². The smallest absolute Gasteiger partial charge is 0.392 e. The lowest BCUT2D eigenvalue weighted by atomic mass is 10.1. The fourth-order valence-electron chi connectivity index (χ4n) is 3.35. The summed E-state index contributed by atoms with van der Waals surface area (Å²) >= 11 is 1.46. The third-order valence-corrected chi connectivity index (χ3v) is 6.01. The molecule has 0 bridgehead atoms. The third-order valence-electron chi connectivity index (χ3n) is 4.89. The Kier molecular flexibility index (Phi) is 6.62. The highest BCUT2D eigenvalue weighted by Gasteiger charge is 2.29. The maximum atomic E-state index is 12.7. The number of aromatic nitrogens is 1. The Bertz CT molecular complexity index is 1260. The monoisotopic (exact) mass is 471 g/mol. The molecule has 0 saturated heterocycles. The molecule has 0 aliphatic rings. The van der Waals surface area contributed by atoms with Crippen LogP contribution in [0, 0.1) is 0 Å². The van der Waals surface area contributed by atoms with Crippen molar-refractivity contribution in [3.8, 4) is 5.88 Å². The first-order valence-corrected chi connectivity index (χ1v) is 10.8. The van der Waals surface area contributed by atoms with Crippen molar-refractivity contribution in [2.75, 3.05) is 0 Å². The van der Waals surface area contributed by atoms with Gasteiger partial charge in [0.15, 0.2) is 0 Å². The van der Waals surface area contributed by atoms with E-state index in [0.29, 0.717) is 13.1 Å². The van der Waals surface area contributed by atoms with E-state index in [1.54, 1.807) is 0 Å². The number of hydrogen-bond acceptors (Lipinski definition) is 4. The first-order chi connectivity index (χ1) is 15.8. The topological polar surface area (TPSA) is 80.1 Å². The number of halogens is 3. The summed E-state index contributed by atoms with van der Waals surface area (Å²) in [5.41, 5.74) is 7.05. The van der Waals surface area contributed by atoms with E-state index in [1.165, 1.54) is 23.9 Å². The minimum absolute atomic E-state index is 0.279. The molecule has 5 nitrogen and oxygen atoms in total. The first kappa shape index (κ1) is 22.8. The Balaban J connectivity index is 1.48. The number of nitrogens with two attached hydrogens (primary N) is 1. The molecule has 4 aromatic rings. The number of rotatable bonds is 7. The van der Waals surface area contributed by atoms with Crippen molar-refractivity contribution in [1.82, 2.24) is 10.3 Å². The molecule has 0 spiro atoms. The summed E-state index contributed by atoms with van der Waals surface area (Å²) in [7, 11) is 0. The third kappa shape index (κ3) is 5.68. The van der Waals surface area contributed by atoms with Gasteiger partial charge in [0, 0.05) is 28.9 Å². The molecule has 0 saturated carbocycles. The van der Waals surface area contributed by atoms with Crippen LogP contribution in [0.2, 0.25) is 0 Å². The molecule has 170 valence electrons. The number of ether oxygens (including phenoxy) is 1. The van der Waals surface area contributed by atoms with Gasteiger partial charge in [-0.2, -0.15) is 13.2 Å². The van der Waals surface area contributed by atoms with E-state index < -0.39 is 17.8 Å². The molecule has 4 N–H and O–H groups in total. The number of fused-ring (bicyclic) bond motifs is 1. The van der Waals surface area contributed by atoms with Gasteiger partial charge in [0.05, 0.1) is 10.5 Å². The Morgan fingerprint density at radius 2 is 1.64 bits per heavy atom. The van der Waals surface area contributed by atoms with E-state index in [0.717, 1.165) is 44.0 Å². The molecule has 4 rings (SSSR count). The van der Waals surface area contributed by atoms with Gasteiger partial charge >= 0.3 is 12.3 Å². The van der Waals surface area contributed by atoms with Crippen LogP contribution < -0.4 is 15.8 Å². The van der Waals surface area contributed by atoms with Crippen molar-refractivity contribution in [3.63, 3.8) is 0 Å². The minimum Gasteiger partial charge on any atom is -0.392 e. The summed E-state index contributed by atoms with van der Waals surface area (Å²) in [4.78, 5) is 16.2. The summed E-state index contributed by atoms with van der Waals surface area (Å²) < 4.78 is 43.2. The number of hydrogen-bond donors (Lipinski definition) is 3. The zero-order valence-electron chi connectivity index (χ0n) is 17.3. The summed E-state index contributed by atoms with van der Waals surface area (Å²) in [6, 6.07) is 20.6. The molecular weight excluding hydrogens is 451 g/mol. The molecule has 1 amide bonds. The Morgan fingerprint density at radius 1 is 0.970 bits per heavy atom. The van der Waals surface area contributed by atoms with Gasteiger partial charge < -0.3 is 20.8 Å². The molecule has 0 aliphatic carbocycles. The van der Waals surface area contributed by atoms with Crippen molar-refractivity contribution in [2.45, 2.75) is 29.1 Å². The summed E-state index contributed by atoms with van der Waals surface area (Å²) in [5, 5.41) is 4.11. The largest absolute Gasteiger partial charge is 0.416 e. The molecular formula is C24H20F3N3O2S. The van der Waals surface area contributed by atoms with E-state index in [2.05, 4.69) is 10.3 Å². The van der Waals surface area contributed by atoms with Gasteiger partial charge in [0.2, 0.25) is 5.88 Å². The van der Waals surface area contributed by atoms with Crippen LogP contribution in [0.1, 0.15) is 16.7 Å². The molecule has 33 heavy (non-hydrogen) atoms. The molecule has 1 heterocycles. The van der Waals surface area contributed by atoms with Gasteiger partial charge in [-0.25, -0.2) is 4.79 Å². The molecule has 0 aliphatic heterocycles. The highest BCUT2D eigenvalue weighted by molar-refractivity contribution is 7.99. The number of alkyl halides is 3. The zero-order chi connectivity index (χ0) is 23.4. The summed E-state index contributed by atoms with van der Waals surface area (Å²) in [6.07, 6.45) is -5.25. The number of amides is 1. The molecule has 0 fully saturated rings. The Labute approximate surface area is 192 Å².